The maximum atomic E-state index is 14.1. The van der Waals surface area contributed by atoms with Gasteiger partial charge in [-0.2, -0.15) is 0 Å². The molecule has 0 aromatic heterocycles. The quantitative estimate of drug-likeness (QED) is 0.249. The molecule has 2 atom stereocenters. The highest BCUT2D eigenvalue weighted by Gasteiger charge is 2.33. The Morgan fingerprint density at radius 2 is 1.58 bits per heavy atom. The number of carbonyl (C=O) groups is 2. The number of halogens is 2. The van der Waals surface area contributed by atoms with E-state index in [4.69, 9.17) is 32.7 Å². The molecule has 0 fully saturated rings. The zero-order valence-electron chi connectivity index (χ0n) is 25.1. The van der Waals surface area contributed by atoms with E-state index in [0.29, 0.717) is 27.8 Å². The summed E-state index contributed by atoms with van der Waals surface area (Å²) in [5, 5.41) is 3.62. The number of aryl methyl sites for hydroxylation is 1. The Morgan fingerprint density at radius 3 is 2.16 bits per heavy atom. The van der Waals surface area contributed by atoms with Gasteiger partial charge in [0, 0.05) is 28.7 Å². The molecule has 2 unspecified atom stereocenters. The number of benzene rings is 3. The number of nitrogens with one attached hydrogen (secondary N) is 1. The fraction of sp³-hybridized carbons (Fsp3) is 0.355. The van der Waals surface area contributed by atoms with E-state index in [-0.39, 0.29) is 34.8 Å². The maximum Gasteiger partial charge on any atom is 0.264 e. The first kappa shape index (κ1) is 34.0. The third kappa shape index (κ3) is 8.34. The van der Waals surface area contributed by atoms with Gasteiger partial charge in [0.2, 0.25) is 11.8 Å². The number of ether oxygens (including phenoxy) is 2. The first-order valence-electron chi connectivity index (χ1n) is 13.7. The highest BCUT2D eigenvalue weighted by molar-refractivity contribution is 7.92. The number of nitrogens with zero attached hydrogens (tertiary/aromatic N) is 2. The van der Waals surface area contributed by atoms with Crippen molar-refractivity contribution in [3.8, 4) is 11.5 Å². The summed E-state index contributed by atoms with van der Waals surface area (Å²) in [7, 11) is -1.36. The second kappa shape index (κ2) is 14.8. The number of methoxy groups -OCH3 is 2. The highest BCUT2D eigenvalue weighted by atomic mass is 35.5. The van der Waals surface area contributed by atoms with Crippen molar-refractivity contribution in [3.63, 3.8) is 0 Å². The molecule has 0 heterocycles. The first-order valence-corrected chi connectivity index (χ1v) is 15.9. The average Bonchev–Trinajstić information content (AvgIpc) is 2.98. The van der Waals surface area contributed by atoms with Crippen LogP contribution in [0.5, 0.6) is 11.5 Å². The Kier molecular flexibility index (Phi) is 11.7. The SMILES string of the molecule is CCC(C)NC(=O)C(C)N(Cc1ccc(Cl)cc1Cl)C(=O)CN(c1ccc(OC)c(OC)c1)S(=O)(=O)c1ccc(C)cc1. The molecule has 0 aliphatic heterocycles. The second-order valence-corrected chi connectivity index (χ2v) is 12.8. The standard InChI is InChI=1S/C31H37Cl2N3O6S/c1-7-21(3)34-31(38)22(4)35(18-23-10-11-24(32)16-27(23)33)30(37)19-36(25-12-15-28(41-5)29(17-25)42-6)43(39,40)26-13-8-20(2)9-14-26/h8-17,21-22H,7,18-19H2,1-6H3,(H,34,38). The van der Waals surface area contributed by atoms with Gasteiger partial charge in [-0.05, 0) is 69.2 Å². The predicted molar refractivity (Wildman–Crippen MR) is 170 cm³/mol. The smallest absolute Gasteiger partial charge is 0.264 e. The molecule has 0 saturated heterocycles. The number of amides is 2. The zero-order chi connectivity index (χ0) is 31.9. The van der Waals surface area contributed by atoms with Crippen molar-refractivity contribution in [2.45, 2.75) is 57.6 Å². The summed E-state index contributed by atoms with van der Waals surface area (Å²) in [5.41, 5.74) is 1.59. The summed E-state index contributed by atoms with van der Waals surface area (Å²) >= 11 is 12.5. The van der Waals surface area contributed by atoms with Gasteiger partial charge in [-0.3, -0.25) is 13.9 Å². The number of hydrogen-bond donors (Lipinski definition) is 1. The molecule has 0 aliphatic rings. The van der Waals surface area contributed by atoms with Gasteiger partial charge in [-0.1, -0.05) is 53.9 Å². The summed E-state index contributed by atoms with van der Waals surface area (Å²) in [5.74, 6) is -0.336. The molecule has 3 aromatic rings. The molecular formula is C31H37Cl2N3O6S. The lowest BCUT2D eigenvalue weighted by molar-refractivity contribution is -0.139. The Labute approximate surface area is 263 Å². The van der Waals surface area contributed by atoms with Gasteiger partial charge in [-0.25, -0.2) is 8.42 Å². The Balaban J connectivity index is 2.11. The van der Waals surface area contributed by atoms with E-state index < -0.39 is 28.5 Å². The summed E-state index contributed by atoms with van der Waals surface area (Å²) in [6, 6.07) is 14.6. The molecule has 1 N–H and O–H groups in total. The summed E-state index contributed by atoms with van der Waals surface area (Å²) in [6.45, 7) is 6.56. The summed E-state index contributed by atoms with van der Waals surface area (Å²) < 4.78 is 39.9. The fourth-order valence-electron chi connectivity index (χ4n) is 4.23. The van der Waals surface area contributed by atoms with Gasteiger partial charge >= 0.3 is 0 Å². The largest absolute Gasteiger partial charge is 0.493 e. The van der Waals surface area contributed by atoms with Crippen LogP contribution in [0.2, 0.25) is 10.0 Å². The number of anilines is 1. The first-order chi connectivity index (χ1) is 20.3. The van der Waals surface area contributed by atoms with Crippen molar-refractivity contribution in [2.75, 3.05) is 25.1 Å². The second-order valence-electron chi connectivity index (χ2n) is 10.1. The van der Waals surface area contributed by atoms with Crippen molar-refractivity contribution < 1.29 is 27.5 Å². The van der Waals surface area contributed by atoms with Crippen molar-refractivity contribution in [1.82, 2.24) is 10.2 Å². The van der Waals surface area contributed by atoms with E-state index >= 15 is 0 Å². The van der Waals surface area contributed by atoms with E-state index in [9.17, 15) is 18.0 Å². The van der Waals surface area contributed by atoms with E-state index in [1.54, 1.807) is 43.3 Å². The minimum Gasteiger partial charge on any atom is -0.493 e. The van der Waals surface area contributed by atoms with Crippen LogP contribution in [0.25, 0.3) is 0 Å². The third-order valence-corrected chi connectivity index (χ3v) is 9.44. The Morgan fingerprint density at radius 1 is 0.930 bits per heavy atom. The molecule has 0 saturated carbocycles. The molecule has 0 spiro atoms. The molecule has 0 bridgehead atoms. The van der Waals surface area contributed by atoms with E-state index in [1.165, 1.54) is 43.4 Å². The molecular weight excluding hydrogens is 613 g/mol. The molecule has 2 amide bonds. The lowest BCUT2D eigenvalue weighted by Gasteiger charge is -2.32. The number of rotatable bonds is 13. The van der Waals surface area contributed by atoms with Gasteiger partial charge in [0.1, 0.15) is 12.6 Å². The fourth-order valence-corrected chi connectivity index (χ4v) is 6.10. The third-order valence-electron chi connectivity index (χ3n) is 7.07. The zero-order valence-corrected chi connectivity index (χ0v) is 27.4. The van der Waals surface area contributed by atoms with Gasteiger partial charge in [-0.15, -0.1) is 0 Å². The average molecular weight is 651 g/mol. The minimum atomic E-state index is -4.25. The van der Waals surface area contributed by atoms with Crippen LogP contribution in [0, 0.1) is 6.92 Å². The van der Waals surface area contributed by atoms with E-state index in [0.717, 1.165) is 9.87 Å². The minimum absolute atomic E-state index is 0.00413. The Bertz CT molecular complexity index is 1550. The van der Waals surface area contributed by atoms with Crippen molar-refractivity contribution in [2.24, 2.45) is 0 Å². The molecule has 0 aliphatic carbocycles. The molecule has 3 aromatic carbocycles. The van der Waals surface area contributed by atoms with Crippen LogP contribution in [0.15, 0.2) is 65.6 Å². The summed E-state index contributed by atoms with van der Waals surface area (Å²) in [4.78, 5) is 28.7. The lowest BCUT2D eigenvalue weighted by atomic mass is 10.1. The molecule has 9 nitrogen and oxygen atoms in total. The molecule has 43 heavy (non-hydrogen) atoms. The number of carbonyl (C=O) groups excluding carboxylic acids is 2. The van der Waals surface area contributed by atoms with E-state index in [1.807, 2.05) is 20.8 Å². The molecule has 3 rings (SSSR count). The molecule has 232 valence electrons. The van der Waals surface area contributed by atoms with Gasteiger partial charge in [0.25, 0.3) is 10.0 Å². The number of hydrogen-bond acceptors (Lipinski definition) is 6. The Hall–Kier alpha value is -3.47. The van der Waals surface area contributed by atoms with Gasteiger partial charge in [0.05, 0.1) is 24.8 Å². The lowest BCUT2D eigenvalue weighted by Crippen LogP contribution is -2.52. The van der Waals surface area contributed by atoms with Gasteiger partial charge in [0.15, 0.2) is 11.5 Å². The van der Waals surface area contributed by atoms with Crippen LogP contribution < -0.4 is 19.1 Å². The monoisotopic (exact) mass is 649 g/mol. The maximum absolute atomic E-state index is 14.1. The number of sulfonamides is 1. The van der Waals surface area contributed by atoms with Crippen LogP contribution in [-0.4, -0.2) is 58.0 Å². The van der Waals surface area contributed by atoms with E-state index in [2.05, 4.69) is 5.32 Å². The van der Waals surface area contributed by atoms with Crippen molar-refractivity contribution in [3.05, 3.63) is 81.8 Å². The van der Waals surface area contributed by atoms with Crippen molar-refractivity contribution in [1.29, 1.82) is 0 Å². The van der Waals surface area contributed by atoms with Gasteiger partial charge < -0.3 is 19.7 Å². The predicted octanol–water partition coefficient (Wildman–Crippen LogP) is 5.85. The highest BCUT2D eigenvalue weighted by Crippen LogP contribution is 2.34. The van der Waals surface area contributed by atoms with Crippen LogP contribution in [0.3, 0.4) is 0 Å². The normalized spacial score (nSPS) is 12.7. The molecule has 0 radical (unpaired) electrons. The van der Waals surface area contributed by atoms with Crippen LogP contribution in [-0.2, 0) is 26.2 Å². The van der Waals surface area contributed by atoms with Crippen molar-refractivity contribution >= 4 is 50.7 Å². The molecule has 12 heteroatoms. The van der Waals surface area contributed by atoms with Crippen LogP contribution >= 0.6 is 23.2 Å². The topological polar surface area (TPSA) is 105 Å². The van der Waals surface area contributed by atoms with Crippen LogP contribution in [0.4, 0.5) is 5.69 Å². The van der Waals surface area contributed by atoms with Crippen LogP contribution in [0.1, 0.15) is 38.3 Å². The summed E-state index contributed by atoms with van der Waals surface area (Å²) in [6.07, 6.45) is 0.692.